The molecule has 1 unspecified atom stereocenters. The van der Waals surface area contributed by atoms with Crippen LogP contribution in [0.1, 0.15) is 12.8 Å². The van der Waals surface area contributed by atoms with Crippen LogP contribution >= 0.6 is 0 Å². The van der Waals surface area contributed by atoms with Crippen LogP contribution in [0.5, 0.6) is 0 Å². The Morgan fingerprint density at radius 1 is 1.12 bits per heavy atom. The lowest BCUT2D eigenvalue weighted by Crippen LogP contribution is -2.34. The third kappa shape index (κ3) is 9.34. The number of alkyl halides is 3. The molecule has 0 bridgehead atoms. The molecule has 0 rings (SSSR count). The summed E-state index contributed by atoms with van der Waals surface area (Å²) in [4.78, 5) is 0. The molecule has 0 saturated heterocycles. The van der Waals surface area contributed by atoms with Crippen molar-refractivity contribution in [2.45, 2.75) is 25.1 Å². The zero-order valence-electron chi connectivity index (χ0n) is 9.96. The van der Waals surface area contributed by atoms with Crippen LogP contribution in [0.15, 0.2) is 0 Å². The maximum Gasteiger partial charge on any atom is 0.414 e. The fourth-order valence-corrected chi connectivity index (χ4v) is 1.15. The van der Waals surface area contributed by atoms with Crippen molar-refractivity contribution in [2.24, 2.45) is 5.73 Å². The van der Waals surface area contributed by atoms with Crippen LogP contribution in [0.3, 0.4) is 0 Å². The average Bonchev–Trinajstić information content (AvgIpc) is 2.25. The van der Waals surface area contributed by atoms with Crippen LogP contribution in [0, 0.1) is 0 Å². The molecular formula is C10H20F3NO3. The second-order valence-corrected chi connectivity index (χ2v) is 3.44. The molecule has 0 radical (unpaired) electrons. The molecule has 104 valence electrons. The molecule has 0 fully saturated rings. The summed E-state index contributed by atoms with van der Waals surface area (Å²) >= 11 is 0. The van der Waals surface area contributed by atoms with Crippen molar-refractivity contribution in [3.8, 4) is 0 Å². The minimum Gasteiger partial charge on any atom is -0.385 e. The van der Waals surface area contributed by atoms with Crippen molar-refractivity contribution in [3.05, 3.63) is 0 Å². The first kappa shape index (κ1) is 16.6. The second kappa shape index (κ2) is 9.64. The molecule has 0 aromatic heterocycles. The molecule has 0 aromatic rings. The molecule has 0 saturated carbocycles. The summed E-state index contributed by atoms with van der Waals surface area (Å²) < 4.78 is 51.6. The van der Waals surface area contributed by atoms with Gasteiger partial charge in [0.2, 0.25) is 0 Å². The van der Waals surface area contributed by atoms with Crippen LogP contribution in [0.2, 0.25) is 0 Å². The molecular weight excluding hydrogens is 239 g/mol. The molecule has 0 aliphatic carbocycles. The zero-order chi connectivity index (χ0) is 13.1. The zero-order valence-corrected chi connectivity index (χ0v) is 9.96. The molecule has 0 heterocycles. The summed E-state index contributed by atoms with van der Waals surface area (Å²) in [5, 5.41) is 0. The fourth-order valence-electron chi connectivity index (χ4n) is 1.15. The minimum absolute atomic E-state index is 0.0567. The lowest BCUT2D eigenvalue weighted by atomic mass is 10.2. The monoisotopic (exact) mass is 259 g/mol. The molecule has 0 aliphatic heterocycles. The lowest BCUT2D eigenvalue weighted by molar-refractivity contribution is -0.223. The predicted molar refractivity (Wildman–Crippen MR) is 56.8 cm³/mol. The van der Waals surface area contributed by atoms with Gasteiger partial charge in [0.05, 0.1) is 13.2 Å². The SMILES string of the molecule is COCCCOCCOC(CCN)C(F)(F)F. The van der Waals surface area contributed by atoms with Gasteiger partial charge in [-0.3, -0.25) is 0 Å². The van der Waals surface area contributed by atoms with Crippen molar-refractivity contribution in [1.82, 2.24) is 0 Å². The third-order valence-corrected chi connectivity index (χ3v) is 1.98. The van der Waals surface area contributed by atoms with E-state index in [-0.39, 0.29) is 26.2 Å². The largest absolute Gasteiger partial charge is 0.414 e. The van der Waals surface area contributed by atoms with Gasteiger partial charge in [0.15, 0.2) is 6.10 Å². The molecule has 0 aliphatic rings. The van der Waals surface area contributed by atoms with E-state index >= 15 is 0 Å². The van der Waals surface area contributed by atoms with Crippen LogP contribution in [-0.4, -0.2) is 52.4 Å². The Hall–Kier alpha value is -0.370. The van der Waals surface area contributed by atoms with Gasteiger partial charge in [-0.05, 0) is 19.4 Å². The molecule has 0 aromatic carbocycles. The molecule has 7 heteroatoms. The van der Waals surface area contributed by atoms with Crippen molar-refractivity contribution >= 4 is 0 Å². The number of rotatable bonds is 10. The molecule has 0 spiro atoms. The standard InChI is InChI=1S/C10H20F3NO3/c1-15-5-2-6-16-7-8-17-9(3-4-14)10(11,12)13/h9H,2-8,14H2,1H3. The lowest BCUT2D eigenvalue weighted by Gasteiger charge is -2.20. The number of hydrogen-bond acceptors (Lipinski definition) is 4. The maximum atomic E-state index is 12.3. The molecule has 2 N–H and O–H groups in total. The predicted octanol–water partition coefficient (Wildman–Crippen LogP) is 1.34. The van der Waals surface area contributed by atoms with Gasteiger partial charge in [0.25, 0.3) is 0 Å². The van der Waals surface area contributed by atoms with Crippen LogP contribution < -0.4 is 5.73 Å². The van der Waals surface area contributed by atoms with Crippen molar-refractivity contribution in [1.29, 1.82) is 0 Å². The number of halogens is 3. The number of nitrogens with two attached hydrogens (primary N) is 1. The molecule has 0 amide bonds. The second-order valence-electron chi connectivity index (χ2n) is 3.44. The molecule has 1 atom stereocenters. The van der Waals surface area contributed by atoms with Crippen LogP contribution in [0.25, 0.3) is 0 Å². The number of ether oxygens (including phenoxy) is 3. The van der Waals surface area contributed by atoms with Crippen LogP contribution in [0.4, 0.5) is 13.2 Å². The van der Waals surface area contributed by atoms with E-state index in [1.807, 2.05) is 0 Å². The topological polar surface area (TPSA) is 53.7 Å². The Labute approximate surface area is 99.2 Å². The maximum absolute atomic E-state index is 12.3. The van der Waals surface area contributed by atoms with Crippen LogP contribution in [-0.2, 0) is 14.2 Å². The Morgan fingerprint density at radius 3 is 2.35 bits per heavy atom. The highest BCUT2D eigenvalue weighted by Crippen LogP contribution is 2.24. The van der Waals surface area contributed by atoms with E-state index in [1.165, 1.54) is 0 Å². The summed E-state index contributed by atoms with van der Waals surface area (Å²) in [6, 6.07) is 0. The number of hydrogen-bond donors (Lipinski definition) is 1. The average molecular weight is 259 g/mol. The van der Waals surface area contributed by atoms with E-state index in [2.05, 4.69) is 0 Å². The van der Waals surface area contributed by atoms with Gasteiger partial charge in [0.1, 0.15) is 0 Å². The van der Waals surface area contributed by atoms with E-state index in [9.17, 15) is 13.2 Å². The van der Waals surface area contributed by atoms with E-state index in [4.69, 9.17) is 19.9 Å². The first-order valence-electron chi connectivity index (χ1n) is 5.47. The van der Waals surface area contributed by atoms with Gasteiger partial charge in [0, 0.05) is 20.3 Å². The summed E-state index contributed by atoms with van der Waals surface area (Å²) in [6.45, 7) is 1.01. The summed E-state index contributed by atoms with van der Waals surface area (Å²) in [5.74, 6) is 0. The van der Waals surface area contributed by atoms with Gasteiger partial charge in [-0.1, -0.05) is 0 Å². The Bertz CT molecular complexity index is 179. The van der Waals surface area contributed by atoms with Crippen molar-refractivity contribution in [3.63, 3.8) is 0 Å². The Morgan fingerprint density at radius 2 is 1.82 bits per heavy atom. The van der Waals surface area contributed by atoms with Gasteiger partial charge >= 0.3 is 6.18 Å². The summed E-state index contributed by atoms with van der Waals surface area (Å²) in [7, 11) is 1.57. The smallest absolute Gasteiger partial charge is 0.385 e. The summed E-state index contributed by atoms with van der Waals surface area (Å²) in [6.07, 6.45) is -5.68. The van der Waals surface area contributed by atoms with Gasteiger partial charge in [-0.15, -0.1) is 0 Å². The normalized spacial score (nSPS) is 13.9. The third-order valence-electron chi connectivity index (χ3n) is 1.98. The first-order chi connectivity index (χ1) is 8.02. The minimum atomic E-state index is -4.37. The van der Waals surface area contributed by atoms with Crippen molar-refractivity contribution in [2.75, 3.05) is 40.1 Å². The molecule has 4 nitrogen and oxygen atoms in total. The highest BCUT2D eigenvalue weighted by atomic mass is 19.4. The Balaban J connectivity index is 3.55. The van der Waals surface area contributed by atoms with E-state index in [0.29, 0.717) is 19.6 Å². The Kier molecular flexibility index (Phi) is 9.43. The molecule has 17 heavy (non-hydrogen) atoms. The first-order valence-corrected chi connectivity index (χ1v) is 5.47. The quantitative estimate of drug-likeness (QED) is 0.601. The summed E-state index contributed by atoms with van der Waals surface area (Å²) in [5.41, 5.74) is 5.09. The van der Waals surface area contributed by atoms with E-state index in [0.717, 1.165) is 0 Å². The van der Waals surface area contributed by atoms with E-state index < -0.39 is 12.3 Å². The number of methoxy groups -OCH3 is 1. The highest BCUT2D eigenvalue weighted by molar-refractivity contribution is 4.67. The van der Waals surface area contributed by atoms with Gasteiger partial charge in [-0.2, -0.15) is 13.2 Å². The van der Waals surface area contributed by atoms with E-state index in [1.54, 1.807) is 7.11 Å². The highest BCUT2D eigenvalue weighted by Gasteiger charge is 2.39. The fraction of sp³-hybridized carbons (Fsp3) is 1.00. The van der Waals surface area contributed by atoms with Gasteiger partial charge in [-0.25, -0.2) is 0 Å². The van der Waals surface area contributed by atoms with Gasteiger partial charge < -0.3 is 19.9 Å². The van der Waals surface area contributed by atoms with Crippen molar-refractivity contribution < 1.29 is 27.4 Å².